The van der Waals surface area contributed by atoms with Gasteiger partial charge in [0.1, 0.15) is 6.04 Å². The van der Waals surface area contributed by atoms with E-state index in [0.717, 1.165) is 17.7 Å². The normalized spacial score (nSPS) is 21.3. The first-order valence-electron chi connectivity index (χ1n) is 9.52. The number of piperidine rings is 1. The average Bonchev–Trinajstić information content (AvgIpc) is 3.19. The van der Waals surface area contributed by atoms with Gasteiger partial charge in [0, 0.05) is 18.7 Å². The lowest BCUT2D eigenvalue weighted by Gasteiger charge is -2.38. The summed E-state index contributed by atoms with van der Waals surface area (Å²) in [4.78, 5) is 18.5. The van der Waals surface area contributed by atoms with Crippen molar-refractivity contribution in [3.05, 3.63) is 72.1 Å². The second-order valence-corrected chi connectivity index (χ2v) is 7.47. The highest BCUT2D eigenvalue weighted by Gasteiger charge is 2.36. The van der Waals surface area contributed by atoms with Crippen molar-refractivity contribution in [1.29, 1.82) is 0 Å². The first-order chi connectivity index (χ1) is 13.6. The van der Waals surface area contributed by atoms with Gasteiger partial charge in [-0.15, -0.1) is 0 Å². The molecule has 1 N–H and O–H groups in total. The van der Waals surface area contributed by atoms with Crippen LogP contribution in [0.1, 0.15) is 30.8 Å². The Morgan fingerprint density at radius 2 is 1.79 bits per heavy atom. The Labute approximate surface area is 163 Å². The summed E-state index contributed by atoms with van der Waals surface area (Å²) in [6.07, 6.45) is 0.687. The van der Waals surface area contributed by atoms with Crippen molar-refractivity contribution >= 4 is 5.97 Å². The Hall–Kier alpha value is -2.99. The fraction of sp³-hybridized carbons (Fsp3) is 0.318. The van der Waals surface area contributed by atoms with Crippen LogP contribution in [-0.2, 0) is 4.79 Å². The lowest BCUT2D eigenvalue weighted by molar-refractivity contribution is -0.144. The van der Waals surface area contributed by atoms with E-state index in [0.29, 0.717) is 24.7 Å². The van der Waals surface area contributed by atoms with Gasteiger partial charge in [0.15, 0.2) is 0 Å². The summed E-state index contributed by atoms with van der Waals surface area (Å²) < 4.78 is 5.67. The average molecular weight is 377 g/mol. The first-order valence-corrected chi connectivity index (χ1v) is 9.52. The Bertz CT molecular complexity index is 926. The maximum atomic E-state index is 11.7. The van der Waals surface area contributed by atoms with Gasteiger partial charge in [-0.2, -0.15) is 4.98 Å². The Morgan fingerprint density at radius 3 is 2.46 bits per heavy atom. The van der Waals surface area contributed by atoms with Crippen molar-refractivity contribution in [2.24, 2.45) is 11.8 Å². The third-order valence-corrected chi connectivity index (χ3v) is 5.23. The highest BCUT2D eigenvalue weighted by molar-refractivity contribution is 5.70. The largest absolute Gasteiger partial charge is 0.481 e. The molecule has 1 aliphatic rings. The first kappa shape index (κ1) is 18.4. The number of carboxylic acids is 1. The van der Waals surface area contributed by atoms with E-state index in [-0.39, 0.29) is 12.0 Å². The molecule has 1 saturated heterocycles. The van der Waals surface area contributed by atoms with Gasteiger partial charge in [-0.3, -0.25) is 9.69 Å². The Kier molecular flexibility index (Phi) is 5.21. The van der Waals surface area contributed by atoms with E-state index < -0.39 is 11.9 Å². The summed E-state index contributed by atoms with van der Waals surface area (Å²) in [5, 5.41) is 13.7. The molecule has 0 bridgehead atoms. The summed E-state index contributed by atoms with van der Waals surface area (Å²) >= 11 is 0. The molecular formula is C22H23N3O3. The molecule has 3 atom stereocenters. The second kappa shape index (κ2) is 7.94. The number of benzene rings is 2. The predicted molar refractivity (Wildman–Crippen MR) is 104 cm³/mol. The van der Waals surface area contributed by atoms with Crippen molar-refractivity contribution in [2.75, 3.05) is 13.1 Å². The highest BCUT2D eigenvalue weighted by atomic mass is 16.5. The standard InChI is InChI=1S/C22H23N3O3/c1-15-12-18(22(26)27)14-25(13-15)19(16-8-4-2-5-9-16)21-23-20(24-28-21)17-10-6-3-7-11-17/h2-11,15,18-19H,12-14H2,1H3,(H,26,27). The Morgan fingerprint density at radius 1 is 1.11 bits per heavy atom. The number of aliphatic carboxylic acids is 1. The summed E-state index contributed by atoms with van der Waals surface area (Å²) in [7, 11) is 0. The minimum Gasteiger partial charge on any atom is -0.481 e. The molecule has 2 heterocycles. The second-order valence-electron chi connectivity index (χ2n) is 7.47. The number of aromatic nitrogens is 2. The molecule has 6 heteroatoms. The van der Waals surface area contributed by atoms with Gasteiger partial charge < -0.3 is 9.63 Å². The minimum atomic E-state index is -0.751. The highest BCUT2D eigenvalue weighted by Crippen LogP contribution is 2.34. The number of carbonyl (C=O) groups is 1. The molecule has 1 aliphatic heterocycles. The van der Waals surface area contributed by atoms with Crippen LogP contribution in [0.2, 0.25) is 0 Å². The van der Waals surface area contributed by atoms with Crippen molar-refractivity contribution in [3.8, 4) is 11.4 Å². The van der Waals surface area contributed by atoms with Crippen LogP contribution in [0.5, 0.6) is 0 Å². The quantitative estimate of drug-likeness (QED) is 0.727. The number of rotatable bonds is 5. The maximum Gasteiger partial charge on any atom is 0.307 e. The van der Waals surface area contributed by atoms with Crippen molar-refractivity contribution in [2.45, 2.75) is 19.4 Å². The molecule has 144 valence electrons. The molecule has 3 aromatic rings. The van der Waals surface area contributed by atoms with E-state index in [1.165, 1.54) is 0 Å². The topological polar surface area (TPSA) is 79.5 Å². The monoisotopic (exact) mass is 377 g/mol. The fourth-order valence-electron chi connectivity index (χ4n) is 3.98. The number of carboxylic acid groups (broad SMARTS) is 1. The molecule has 0 amide bonds. The van der Waals surface area contributed by atoms with E-state index >= 15 is 0 Å². The number of hydrogen-bond donors (Lipinski definition) is 1. The maximum absolute atomic E-state index is 11.7. The molecule has 1 aromatic heterocycles. The van der Waals surface area contributed by atoms with Crippen LogP contribution in [0.25, 0.3) is 11.4 Å². The van der Waals surface area contributed by atoms with Gasteiger partial charge >= 0.3 is 5.97 Å². The summed E-state index contributed by atoms with van der Waals surface area (Å²) in [5.41, 5.74) is 1.91. The van der Waals surface area contributed by atoms with E-state index in [2.05, 4.69) is 22.0 Å². The predicted octanol–water partition coefficient (Wildman–Crippen LogP) is 3.87. The summed E-state index contributed by atoms with van der Waals surface area (Å²) in [5.74, 6) is 0.155. The summed E-state index contributed by atoms with van der Waals surface area (Å²) in [6.45, 7) is 3.34. The van der Waals surface area contributed by atoms with Crippen LogP contribution in [0.3, 0.4) is 0 Å². The van der Waals surface area contributed by atoms with E-state index in [1.807, 2.05) is 60.7 Å². The molecule has 28 heavy (non-hydrogen) atoms. The van der Waals surface area contributed by atoms with Crippen molar-refractivity contribution in [1.82, 2.24) is 15.0 Å². The number of nitrogens with zero attached hydrogens (tertiary/aromatic N) is 3. The van der Waals surface area contributed by atoms with Crippen molar-refractivity contribution in [3.63, 3.8) is 0 Å². The molecule has 0 aliphatic carbocycles. The van der Waals surface area contributed by atoms with Gasteiger partial charge in [-0.25, -0.2) is 0 Å². The molecule has 3 unspecified atom stereocenters. The van der Waals surface area contributed by atoms with Crippen LogP contribution in [0, 0.1) is 11.8 Å². The van der Waals surface area contributed by atoms with Crippen LogP contribution >= 0.6 is 0 Å². The van der Waals surface area contributed by atoms with Crippen LogP contribution in [0.15, 0.2) is 65.2 Å². The zero-order chi connectivity index (χ0) is 19.5. The van der Waals surface area contributed by atoms with Gasteiger partial charge in [-0.1, -0.05) is 72.7 Å². The van der Waals surface area contributed by atoms with E-state index in [1.54, 1.807) is 0 Å². The molecule has 0 saturated carbocycles. The Balaban J connectivity index is 1.71. The molecule has 2 aromatic carbocycles. The lowest BCUT2D eigenvalue weighted by atomic mass is 9.88. The van der Waals surface area contributed by atoms with Crippen LogP contribution < -0.4 is 0 Å². The van der Waals surface area contributed by atoms with Crippen LogP contribution in [0.4, 0.5) is 0 Å². The SMILES string of the molecule is CC1CC(C(=O)O)CN(C(c2ccccc2)c2nc(-c3ccccc3)no2)C1. The molecular weight excluding hydrogens is 354 g/mol. The van der Waals surface area contributed by atoms with Gasteiger partial charge in [0.05, 0.1) is 5.92 Å². The van der Waals surface area contributed by atoms with E-state index in [9.17, 15) is 9.90 Å². The fourth-order valence-corrected chi connectivity index (χ4v) is 3.98. The van der Waals surface area contributed by atoms with Gasteiger partial charge in [-0.05, 0) is 17.9 Å². The number of hydrogen-bond acceptors (Lipinski definition) is 5. The van der Waals surface area contributed by atoms with Gasteiger partial charge in [0.2, 0.25) is 11.7 Å². The molecule has 0 radical (unpaired) electrons. The van der Waals surface area contributed by atoms with Crippen molar-refractivity contribution < 1.29 is 14.4 Å². The van der Waals surface area contributed by atoms with Gasteiger partial charge in [0.25, 0.3) is 0 Å². The third kappa shape index (κ3) is 3.82. The third-order valence-electron chi connectivity index (χ3n) is 5.23. The number of likely N-dealkylation sites (tertiary alicyclic amines) is 1. The summed E-state index contributed by atoms with van der Waals surface area (Å²) in [6, 6.07) is 19.4. The van der Waals surface area contributed by atoms with E-state index in [4.69, 9.17) is 4.52 Å². The minimum absolute atomic E-state index is 0.268. The zero-order valence-corrected chi connectivity index (χ0v) is 15.7. The molecule has 4 rings (SSSR count). The molecule has 6 nitrogen and oxygen atoms in total. The zero-order valence-electron chi connectivity index (χ0n) is 15.7. The molecule has 1 fully saturated rings. The van der Waals surface area contributed by atoms with Crippen LogP contribution in [-0.4, -0.2) is 39.2 Å². The molecule has 0 spiro atoms. The smallest absolute Gasteiger partial charge is 0.307 e. The lowest BCUT2D eigenvalue weighted by Crippen LogP contribution is -2.44.